The van der Waals surface area contributed by atoms with E-state index in [4.69, 9.17) is 21.1 Å². The van der Waals surface area contributed by atoms with Gasteiger partial charge in [-0.1, -0.05) is 51.8 Å². The summed E-state index contributed by atoms with van der Waals surface area (Å²) in [4.78, 5) is 0. The number of benzene rings is 2. The van der Waals surface area contributed by atoms with E-state index in [1.54, 1.807) is 0 Å². The van der Waals surface area contributed by atoms with Crippen LogP contribution in [0, 0.1) is 0 Å². The Bertz CT molecular complexity index is 577. The van der Waals surface area contributed by atoms with E-state index >= 15 is 0 Å². The molecular weight excluding hydrogens is 328 g/mol. The van der Waals surface area contributed by atoms with E-state index in [9.17, 15) is 0 Å². The normalized spacial score (nSPS) is 17.6. The zero-order valence-corrected chi connectivity index (χ0v) is 12.4. The molecule has 0 saturated carbocycles. The van der Waals surface area contributed by atoms with E-state index in [1.165, 1.54) is 0 Å². The molecule has 1 saturated heterocycles. The van der Waals surface area contributed by atoms with Crippen molar-refractivity contribution in [2.75, 3.05) is 13.2 Å². The fourth-order valence-electron chi connectivity index (χ4n) is 2.27. The van der Waals surface area contributed by atoms with Gasteiger partial charge in [0.25, 0.3) is 0 Å². The van der Waals surface area contributed by atoms with Crippen molar-refractivity contribution < 1.29 is 9.47 Å². The van der Waals surface area contributed by atoms with Crippen molar-refractivity contribution in [1.82, 2.24) is 0 Å². The van der Waals surface area contributed by atoms with Crippen LogP contribution >= 0.6 is 27.5 Å². The van der Waals surface area contributed by atoms with Crippen LogP contribution in [0.15, 0.2) is 53.0 Å². The van der Waals surface area contributed by atoms with Crippen LogP contribution in [0.5, 0.6) is 0 Å². The van der Waals surface area contributed by atoms with Crippen molar-refractivity contribution >= 4 is 27.5 Å². The maximum Gasteiger partial charge on any atom is 0.222 e. The quantitative estimate of drug-likeness (QED) is 0.810. The highest BCUT2D eigenvalue weighted by atomic mass is 79.9. The molecule has 0 aliphatic carbocycles. The topological polar surface area (TPSA) is 18.5 Å². The monoisotopic (exact) mass is 338 g/mol. The Balaban J connectivity index is 2.11. The first kappa shape index (κ1) is 13.1. The van der Waals surface area contributed by atoms with Crippen LogP contribution in [0.3, 0.4) is 0 Å². The van der Waals surface area contributed by atoms with Gasteiger partial charge in [0.1, 0.15) is 0 Å². The van der Waals surface area contributed by atoms with Crippen molar-refractivity contribution in [3.63, 3.8) is 0 Å². The van der Waals surface area contributed by atoms with Gasteiger partial charge in [-0.2, -0.15) is 0 Å². The minimum atomic E-state index is -0.842. The van der Waals surface area contributed by atoms with Crippen molar-refractivity contribution in [1.29, 1.82) is 0 Å². The Kier molecular flexibility index (Phi) is 3.63. The Morgan fingerprint density at radius 1 is 0.947 bits per heavy atom. The predicted octanol–water partition coefficient (Wildman–Crippen LogP) is 4.35. The highest BCUT2D eigenvalue weighted by Crippen LogP contribution is 2.39. The molecule has 2 aromatic rings. The molecule has 2 aromatic carbocycles. The van der Waals surface area contributed by atoms with E-state index in [-0.39, 0.29) is 0 Å². The van der Waals surface area contributed by atoms with Crippen molar-refractivity contribution in [2.45, 2.75) is 5.79 Å². The smallest absolute Gasteiger partial charge is 0.222 e. The number of hydrogen-bond acceptors (Lipinski definition) is 2. The van der Waals surface area contributed by atoms with Gasteiger partial charge in [0.2, 0.25) is 5.79 Å². The van der Waals surface area contributed by atoms with Gasteiger partial charge in [-0.3, -0.25) is 0 Å². The van der Waals surface area contributed by atoms with Crippen molar-refractivity contribution in [2.24, 2.45) is 0 Å². The second kappa shape index (κ2) is 5.25. The summed E-state index contributed by atoms with van der Waals surface area (Å²) in [5, 5.41) is 0.674. The molecule has 1 fully saturated rings. The Morgan fingerprint density at radius 3 is 2.26 bits per heavy atom. The lowest BCUT2D eigenvalue weighted by Crippen LogP contribution is -2.28. The third-order valence-corrected chi connectivity index (χ3v) is 3.89. The largest absolute Gasteiger partial charge is 0.340 e. The van der Waals surface area contributed by atoms with Crippen LogP contribution in [0.25, 0.3) is 0 Å². The minimum Gasteiger partial charge on any atom is -0.340 e. The summed E-state index contributed by atoms with van der Waals surface area (Å²) in [5.41, 5.74) is 1.88. The molecule has 1 aliphatic heterocycles. The Labute approximate surface area is 125 Å². The molecule has 1 aliphatic rings. The van der Waals surface area contributed by atoms with Crippen LogP contribution in [0.1, 0.15) is 11.1 Å². The summed E-state index contributed by atoms with van der Waals surface area (Å²) in [6.07, 6.45) is 0. The summed E-state index contributed by atoms with van der Waals surface area (Å²) in [6.45, 7) is 1.14. The van der Waals surface area contributed by atoms with E-state index in [1.807, 2.05) is 48.5 Å². The van der Waals surface area contributed by atoms with Crippen LogP contribution in [-0.2, 0) is 15.3 Å². The molecule has 2 nitrogen and oxygen atoms in total. The third kappa shape index (κ3) is 2.43. The van der Waals surface area contributed by atoms with Gasteiger partial charge < -0.3 is 9.47 Å². The van der Waals surface area contributed by atoms with E-state index in [0.717, 1.165) is 15.6 Å². The number of ether oxygens (including phenoxy) is 2. The third-order valence-electron chi connectivity index (χ3n) is 3.12. The lowest BCUT2D eigenvalue weighted by Gasteiger charge is -2.28. The number of rotatable bonds is 2. The molecule has 4 heteroatoms. The van der Waals surface area contributed by atoms with Gasteiger partial charge >= 0.3 is 0 Å². The van der Waals surface area contributed by atoms with Crippen LogP contribution in [0.4, 0.5) is 0 Å². The van der Waals surface area contributed by atoms with Crippen molar-refractivity contribution in [3.05, 3.63) is 69.2 Å². The Hall–Kier alpha value is -0.870. The van der Waals surface area contributed by atoms with Gasteiger partial charge in [-0.05, 0) is 24.3 Å². The zero-order chi connectivity index (χ0) is 13.3. The SMILES string of the molecule is Clc1cccc(C2(c3ccc(Br)cc3)OCCO2)c1. The van der Waals surface area contributed by atoms with Crippen LogP contribution in [0.2, 0.25) is 5.02 Å². The van der Waals surface area contributed by atoms with Gasteiger partial charge in [0.05, 0.1) is 13.2 Å². The van der Waals surface area contributed by atoms with Gasteiger partial charge in [-0.15, -0.1) is 0 Å². The summed E-state index contributed by atoms with van der Waals surface area (Å²) >= 11 is 9.52. The fraction of sp³-hybridized carbons (Fsp3) is 0.200. The summed E-state index contributed by atoms with van der Waals surface area (Å²) < 4.78 is 12.8. The van der Waals surface area contributed by atoms with Crippen molar-refractivity contribution in [3.8, 4) is 0 Å². The first-order chi connectivity index (χ1) is 9.21. The van der Waals surface area contributed by atoms with Crippen LogP contribution in [-0.4, -0.2) is 13.2 Å². The second-order valence-electron chi connectivity index (χ2n) is 4.33. The summed E-state index contributed by atoms with van der Waals surface area (Å²) in [7, 11) is 0. The second-order valence-corrected chi connectivity index (χ2v) is 5.68. The Morgan fingerprint density at radius 2 is 1.63 bits per heavy atom. The van der Waals surface area contributed by atoms with E-state index in [2.05, 4.69) is 15.9 Å². The van der Waals surface area contributed by atoms with E-state index < -0.39 is 5.79 Å². The molecule has 0 radical (unpaired) electrons. The average molecular weight is 340 g/mol. The first-order valence-corrected chi connectivity index (χ1v) is 7.18. The standard InChI is InChI=1S/C15H12BrClO2/c16-13-6-4-11(5-7-13)15(18-8-9-19-15)12-2-1-3-14(17)10-12/h1-7,10H,8-9H2. The molecule has 0 N–H and O–H groups in total. The molecular formula is C15H12BrClO2. The highest BCUT2D eigenvalue weighted by molar-refractivity contribution is 9.10. The van der Waals surface area contributed by atoms with Gasteiger partial charge in [0.15, 0.2) is 0 Å². The molecule has 0 atom stereocenters. The molecule has 19 heavy (non-hydrogen) atoms. The maximum absolute atomic E-state index is 6.08. The molecule has 3 rings (SSSR count). The first-order valence-electron chi connectivity index (χ1n) is 6.01. The molecule has 0 aromatic heterocycles. The van der Waals surface area contributed by atoms with E-state index in [0.29, 0.717) is 18.2 Å². The molecule has 0 unspecified atom stereocenters. The fourth-order valence-corrected chi connectivity index (χ4v) is 2.73. The van der Waals surface area contributed by atoms with Gasteiger partial charge in [0, 0.05) is 20.6 Å². The molecule has 0 bridgehead atoms. The lowest BCUT2D eigenvalue weighted by molar-refractivity contribution is -0.129. The molecule has 1 heterocycles. The summed E-state index contributed by atoms with van der Waals surface area (Å²) in [5.74, 6) is -0.842. The molecule has 0 spiro atoms. The highest BCUT2D eigenvalue weighted by Gasteiger charge is 2.40. The zero-order valence-electron chi connectivity index (χ0n) is 10.1. The number of hydrogen-bond donors (Lipinski definition) is 0. The predicted molar refractivity (Wildman–Crippen MR) is 78.3 cm³/mol. The lowest BCUT2D eigenvalue weighted by atomic mass is 9.97. The van der Waals surface area contributed by atoms with Crippen LogP contribution < -0.4 is 0 Å². The molecule has 0 amide bonds. The average Bonchev–Trinajstić information content (AvgIpc) is 2.90. The molecule has 98 valence electrons. The minimum absolute atomic E-state index is 0.572. The summed E-state index contributed by atoms with van der Waals surface area (Å²) in [6, 6.07) is 15.6. The number of halogens is 2. The maximum atomic E-state index is 6.08. The van der Waals surface area contributed by atoms with Gasteiger partial charge in [-0.25, -0.2) is 0 Å².